The van der Waals surface area contributed by atoms with Crippen LogP contribution in [0.3, 0.4) is 0 Å². The van der Waals surface area contributed by atoms with Crippen LogP contribution in [-0.2, 0) is 0 Å². The maximum Gasteiger partial charge on any atom is 0.254 e. The summed E-state index contributed by atoms with van der Waals surface area (Å²) in [7, 11) is 0. The average molecular weight is 495 g/mol. The number of likely N-dealkylation sites (tertiary alicyclic amines) is 1. The van der Waals surface area contributed by atoms with E-state index in [1.807, 2.05) is 4.90 Å². The summed E-state index contributed by atoms with van der Waals surface area (Å²) in [5.41, 5.74) is 1.02. The zero-order valence-electron chi connectivity index (χ0n) is 16.4. The molecule has 2 aromatic rings. The van der Waals surface area contributed by atoms with E-state index in [4.69, 9.17) is 11.6 Å². The van der Waals surface area contributed by atoms with Crippen LogP contribution in [-0.4, -0.2) is 71.8 Å². The fourth-order valence-electron chi connectivity index (χ4n) is 4.10. The molecular formula is C22H22BrClFN3O2. The molecule has 2 aliphatic rings. The van der Waals surface area contributed by atoms with Gasteiger partial charge in [-0.25, -0.2) is 4.39 Å². The van der Waals surface area contributed by atoms with Crippen LogP contribution in [0.1, 0.15) is 27.1 Å². The first-order valence-electron chi connectivity index (χ1n) is 9.95. The molecule has 0 aromatic heterocycles. The van der Waals surface area contributed by atoms with E-state index in [2.05, 4.69) is 20.8 Å². The highest BCUT2D eigenvalue weighted by atomic mass is 79.9. The molecule has 5 nitrogen and oxygen atoms in total. The standard InChI is InChI=1S/C22H22BrClFN3O2/c23-19-6-3-16(13-20(19)25)22(30)28-8-7-18(14-28)26-9-11-27(12-10-26)21(29)15-1-4-17(24)5-2-15/h1-6,13,18H,7-12,14H2/t18-/m0/s1. The maximum absolute atomic E-state index is 13.8. The molecule has 2 aliphatic heterocycles. The van der Waals surface area contributed by atoms with E-state index in [-0.39, 0.29) is 17.9 Å². The van der Waals surface area contributed by atoms with Gasteiger partial charge in [-0.1, -0.05) is 11.6 Å². The summed E-state index contributed by atoms with van der Waals surface area (Å²) in [5, 5.41) is 0.613. The van der Waals surface area contributed by atoms with Gasteiger partial charge < -0.3 is 9.80 Å². The first-order valence-corrected chi connectivity index (χ1v) is 11.1. The number of amides is 2. The van der Waals surface area contributed by atoms with Crippen molar-refractivity contribution in [3.8, 4) is 0 Å². The zero-order chi connectivity index (χ0) is 21.3. The monoisotopic (exact) mass is 493 g/mol. The van der Waals surface area contributed by atoms with Crippen LogP contribution in [0.25, 0.3) is 0 Å². The second-order valence-electron chi connectivity index (χ2n) is 7.66. The summed E-state index contributed by atoms with van der Waals surface area (Å²) in [4.78, 5) is 31.4. The van der Waals surface area contributed by atoms with Gasteiger partial charge in [0, 0.05) is 61.5 Å². The molecule has 158 valence electrons. The molecule has 0 saturated carbocycles. The van der Waals surface area contributed by atoms with E-state index in [9.17, 15) is 14.0 Å². The molecule has 0 radical (unpaired) electrons. The Bertz CT molecular complexity index is 948. The number of benzene rings is 2. The lowest BCUT2D eigenvalue weighted by atomic mass is 10.1. The van der Waals surface area contributed by atoms with Crippen molar-refractivity contribution >= 4 is 39.3 Å². The first kappa shape index (κ1) is 21.3. The van der Waals surface area contributed by atoms with Crippen molar-refractivity contribution in [3.63, 3.8) is 0 Å². The van der Waals surface area contributed by atoms with E-state index < -0.39 is 5.82 Å². The van der Waals surface area contributed by atoms with Crippen LogP contribution in [0.4, 0.5) is 4.39 Å². The number of rotatable bonds is 3. The lowest BCUT2D eigenvalue weighted by molar-refractivity contribution is 0.0568. The minimum absolute atomic E-state index is 0.0202. The lowest BCUT2D eigenvalue weighted by Crippen LogP contribution is -2.52. The fraction of sp³-hybridized carbons (Fsp3) is 0.364. The second-order valence-corrected chi connectivity index (χ2v) is 8.95. The van der Waals surface area contributed by atoms with Gasteiger partial charge in [-0.2, -0.15) is 0 Å². The Labute approximate surface area is 188 Å². The predicted molar refractivity (Wildman–Crippen MR) is 117 cm³/mol. The van der Waals surface area contributed by atoms with E-state index in [0.717, 1.165) is 19.5 Å². The van der Waals surface area contributed by atoms with Crippen LogP contribution in [0.15, 0.2) is 46.9 Å². The summed E-state index contributed by atoms with van der Waals surface area (Å²) < 4.78 is 14.1. The van der Waals surface area contributed by atoms with Crippen LogP contribution in [0, 0.1) is 5.82 Å². The SMILES string of the molecule is O=C(c1ccc(Cl)cc1)N1CCN([C@H]2CCN(C(=O)c3ccc(Br)c(F)c3)C2)CC1. The van der Waals surface area contributed by atoms with Crippen molar-refractivity contribution in [3.05, 3.63) is 68.9 Å². The van der Waals surface area contributed by atoms with Gasteiger partial charge in [-0.05, 0) is 64.8 Å². The third-order valence-corrected chi connectivity index (χ3v) is 6.72. The van der Waals surface area contributed by atoms with Crippen LogP contribution in [0.5, 0.6) is 0 Å². The highest BCUT2D eigenvalue weighted by Gasteiger charge is 2.33. The second kappa shape index (κ2) is 9.04. The van der Waals surface area contributed by atoms with E-state index in [1.165, 1.54) is 6.07 Å². The molecule has 2 heterocycles. The third-order valence-electron chi connectivity index (χ3n) is 5.83. The van der Waals surface area contributed by atoms with Crippen molar-refractivity contribution in [1.82, 2.24) is 14.7 Å². The van der Waals surface area contributed by atoms with Gasteiger partial charge in [0.15, 0.2) is 0 Å². The molecule has 8 heteroatoms. The van der Waals surface area contributed by atoms with Crippen molar-refractivity contribution in [2.75, 3.05) is 39.3 Å². The van der Waals surface area contributed by atoms with Gasteiger partial charge in [0.2, 0.25) is 0 Å². The fourth-order valence-corrected chi connectivity index (χ4v) is 4.47. The van der Waals surface area contributed by atoms with Crippen molar-refractivity contribution < 1.29 is 14.0 Å². The summed E-state index contributed by atoms with van der Waals surface area (Å²) in [6.45, 7) is 4.15. The molecule has 0 spiro atoms. The number of halogens is 3. The van der Waals surface area contributed by atoms with Crippen molar-refractivity contribution in [1.29, 1.82) is 0 Å². The molecule has 0 unspecified atom stereocenters. The number of carbonyl (C=O) groups is 2. The Balaban J connectivity index is 1.31. The summed E-state index contributed by atoms with van der Waals surface area (Å²) in [6.07, 6.45) is 0.885. The molecule has 2 aromatic carbocycles. The summed E-state index contributed by atoms with van der Waals surface area (Å²) in [6, 6.07) is 11.7. The molecule has 2 amide bonds. The minimum atomic E-state index is -0.432. The van der Waals surface area contributed by atoms with E-state index in [0.29, 0.717) is 46.8 Å². The number of piperazine rings is 1. The van der Waals surface area contributed by atoms with Gasteiger partial charge in [0.25, 0.3) is 11.8 Å². The largest absolute Gasteiger partial charge is 0.337 e. The maximum atomic E-state index is 13.8. The highest BCUT2D eigenvalue weighted by molar-refractivity contribution is 9.10. The molecule has 4 rings (SSSR count). The van der Waals surface area contributed by atoms with Crippen LogP contribution in [0.2, 0.25) is 5.02 Å². The average Bonchev–Trinajstić information content (AvgIpc) is 3.25. The number of nitrogens with zero attached hydrogens (tertiary/aromatic N) is 3. The molecule has 0 aliphatic carbocycles. The molecule has 1 atom stereocenters. The van der Waals surface area contributed by atoms with Gasteiger partial charge in [0.1, 0.15) is 5.82 Å². The molecule has 2 saturated heterocycles. The van der Waals surface area contributed by atoms with E-state index >= 15 is 0 Å². The Hall–Kier alpha value is -1.96. The molecule has 30 heavy (non-hydrogen) atoms. The van der Waals surface area contributed by atoms with Gasteiger partial charge in [0.05, 0.1) is 4.47 Å². The normalized spacial score (nSPS) is 19.9. The molecule has 0 N–H and O–H groups in total. The molecular weight excluding hydrogens is 473 g/mol. The third kappa shape index (κ3) is 4.53. The van der Waals surface area contributed by atoms with E-state index in [1.54, 1.807) is 41.3 Å². The van der Waals surface area contributed by atoms with Crippen molar-refractivity contribution in [2.45, 2.75) is 12.5 Å². The first-order chi connectivity index (χ1) is 14.4. The highest BCUT2D eigenvalue weighted by Crippen LogP contribution is 2.22. The zero-order valence-corrected chi connectivity index (χ0v) is 18.7. The van der Waals surface area contributed by atoms with Gasteiger partial charge in [-0.15, -0.1) is 0 Å². The Morgan fingerprint density at radius 3 is 2.20 bits per heavy atom. The Kier molecular flexibility index (Phi) is 6.41. The quantitative estimate of drug-likeness (QED) is 0.650. The summed E-state index contributed by atoms with van der Waals surface area (Å²) in [5.74, 6) is -0.551. The topological polar surface area (TPSA) is 43.9 Å². The Morgan fingerprint density at radius 1 is 0.900 bits per heavy atom. The number of hydrogen-bond acceptors (Lipinski definition) is 3. The number of carbonyl (C=O) groups excluding carboxylic acids is 2. The van der Waals surface area contributed by atoms with Crippen molar-refractivity contribution in [2.24, 2.45) is 0 Å². The van der Waals surface area contributed by atoms with Gasteiger partial charge in [-0.3, -0.25) is 14.5 Å². The van der Waals surface area contributed by atoms with Crippen LogP contribution < -0.4 is 0 Å². The predicted octanol–water partition coefficient (Wildman–Crippen LogP) is 3.91. The Morgan fingerprint density at radius 2 is 1.53 bits per heavy atom. The molecule has 0 bridgehead atoms. The molecule has 2 fully saturated rings. The van der Waals surface area contributed by atoms with Gasteiger partial charge >= 0.3 is 0 Å². The summed E-state index contributed by atoms with van der Waals surface area (Å²) >= 11 is 9.02. The smallest absolute Gasteiger partial charge is 0.254 e. The number of hydrogen-bond donors (Lipinski definition) is 0. The lowest BCUT2D eigenvalue weighted by Gasteiger charge is -2.38. The minimum Gasteiger partial charge on any atom is -0.337 e. The van der Waals surface area contributed by atoms with Crippen LogP contribution >= 0.6 is 27.5 Å².